The Balaban J connectivity index is 2.99. The minimum Gasteiger partial charge on any atom is -0.544 e. The van der Waals surface area contributed by atoms with E-state index in [9.17, 15) is 4.79 Å². The number of ether oxygens (including phenoxy) is 1. The van der Waals surface area contributed by atoms with Crippen LogP contribution in [-0.4, -0.2) is 34.8 Å². The molecule has 0 aliphatic carbocycles. The zero-order chi connectivity index (χ0) is 27.1. The highest BCUT2D eigenvalue weighted by Gasteiger charge is 2.40. The van der Waals surface area contributed by atoms with Crippen molar-refractivity contribution in [1.29, 1.82) is 0 Å². The lowest BCUT2D eigenvalue weighted by atomic mass is 10.0. The second kappa shape index (κ2) is 12.6. The van der Waals surface area contributed by atoms with Crippen molar-refractivity contribution in [3.05, 3.63) is 55.1 Å². The molecule has 2 atom stereocenters. The molecule has 35 heavy (non-hydrogen) atoms. The topological polar surface area (TPSA) is 44.8 Å². The highest BCUT2D eigenvalue weighted by molar-refractivity contribution is 6.75. The van der Waals surface area contributed by atoms with Crippen LogP contribution in [0.3, 0.4) is 0 Å². The summed E-state index contributed by atoms with van der Waals surface area (Å²) in [5.74, 6) is 0.539. The zero-order valence-electron chi connectivity index (χ0n) is 24.0. The summed E-state index contributed by atoms with van der Waals surface area (Å²) >= 11 is 0. The quantitative estimate of drug-likeness (QED) is 0.114. The van der Waals surface area contributed by atoms with E-state index in [4.69, 9.17) is 13.6 Å². The van der Waals surface area contributed by atoms with Gasteiger partial charge >= 0.3 is 5.97 Å². The SMILES string of the molecule is C=CC[C@H](C[C@H](CCc1ccc(O[Si](C)(C)C(C)(C)C)cc1)O[Si](C)(C)C(C)(C)C)OC(=O)C=C. The number of hydrogen-bond donors (Lipinski definition) is 0. The summed E-state index contributed by atoms with van der Waals surface area (Å²) in [6, 6.07) is 8.49. The zero-order valence-corrected chi connectivity index (χ0v) is 26.0. The van der Waals surface area contributed by atoms with Crippen LogP contribution < -0.4 is 4.43 Å². The van der Waals surface area contributed by atoms with E-state index in [1.165, 1.54) is 11.6 Å². The van der Waals surface area contributed by atoms with Gasteiger partial charge < -0.3 is 13.6 Å². The molecular formula is C29H50O4Si2. The highest BCUT2D eigenvalue weighted by Crippen LogP contribution is 2.39. The molecular weight excluding hydrogens is 468 g/mol. The van der Waals surface area contributed by atoms with Crippen LogP contribution in [0.4, 0.5) is 0 Å². The lowest BCUT2D eigenvalue weighted by molar-refractivity contribution is -0.144. The van der Waals surface area contributed by atoms with Crippen LogP contribution in [0.2, 0.25) is 36.3 Å². The number of carbonyl (C=O) groups is 1. The second-order valence-corrected chi connectivity index (χ2v) is 22.0. The van der Waals surface area contributed by atoms with E-state index < -0.39 is 22.6 Å². The Hall–Kier alpha value is -1.64. The van der Waals surface area contributed by atoms with Gasteiger partial charge in [-0.05, 0) is 66.8 Å². The Labute approximate surface area is 217 Å². The third-order valence-corrected chi connectivity index (χ3v) is 16.4. The first-order valence-electron chi connectivity index (χ1n) is 12.8. The molecule has 0 heterocycles. The average molecular weight is 519 g/mol. The maximum Gasteiger partial charge on any atom is 0.330 e. The molecule has 0 fully saturated rings. The van der Waals surface area contributed by atoms with Gasteiger partial charge in [-0.25, -0.2) is 4.79 Å². The minimum absolute atomic E-state index is 0.0124. The van der Waals surface area contributed by atoms with E-state index in [0.717, 1.165) is 18.6 Å². The largest absolute Gasteiger partial charge is 0.544 e. The number of benzene rings is 1. The maximum atomic E-state index is 11.9. The Morgan fingerprint density at radius 3 is 1.91 bits per heavy atom. The Morgan fingerprint density at radius 2 is 1.46 bits per heavy atom. The van der Waals surface area contributed by atoms with Crippen molar-refractivity contribution in [2.75, 3.05) is 0 Å². The summed E-state index contributed by atoms with van der Waals surface area (Å²) in [6.07, 6.45) is 5.71. The van der Waals surface area contributed by atoms with Crippen LogP contribution in [-0.2, 0) is 20.4 Å². The molecule has 0 aliphatic rings. The van der Waals surface area contributed by atoms with Crippen LogP contribution in [0.1, 0.15) is 66.4 Å². The fourth-order valence-electron chi connectivity index (χ4n) is 3.20. The summed E-state index contributed by atoms with van der Waals surface area (Å²) in [7, 11) is -3.86. The van der Waals surface area contributed by atoms with Crippen LogP contribution in [0.15, 0.2) is 49.6 Å². The molecule has 0 aromatic heterocycles. The van der Waals surface area contributed by atoms with Crippen molar-refractivity contribution in [3.63, 3.8) is 0 Å². The molecule has 1 rings (SSSR count). The normalized spacial score (nSPS) is 14.7. The van der Waals surface area contributed by atoms with Gasteiger partial charge in [0.15, 0.2) is 8.32 Å². The van der Waals surface area contributed by atoms with Crippen molar-refractivity contribution >= 4 is 22.6 Å². The molecule has 0 saturated carbocycles. The van der Waals surface area contributed by atoms with Gasteiger partial charge in [0, 0.05) is 25.0 Å². The van der Waals surface area contributed by atoms with Gasteiger partial charge in [-0.1, -0.05) is 66.3 Å². The number of aryl methyl sites for hydroxylation is 1. The van der Waals surface area contributed by atoms with E-state index in [-0.39, 0.29) is 22.3 Å². The smallest absolute Gasteiger partial charge is 0.330 e. The number of esters is 1. The number of hydrogen-bond acceptors (Lipinski definition) is 4. The third-order valence-electron chi connectivity index (χ3n) is 7.53. The highest BCUT2D eigenvalue weighted by atomic mass is 28.4. The first-order chi connectivity index (χ1) is 15.9. The molecule has 0 N–H and O–H groups in total. The van der Waals surface area contributed by atoms with Gasteiger partial charge in [-0.15, -0.1) is 6.58 Å². The maximum absolute atomic E-state index is 11.9. The van der Waals surface area contributed by atoms with E-state index >= 15 is 0 Å². The van der Waals surface area contributed by atoms with Crippen molar-refractivity contribution in [3.8, 4) is 5.75 Å². The number of rotatable bonds is 13. The molecule has 4 nitrogen and oxygen atoms in total. The van der Waals surface area contributed by atoms with Gasteiger partial charge in [-0.3, -0.25) is 0 Å². The summed E-state index contributed by atoms with van der Waals surface area (Å²) in [5.41, 5.74) is 1.25. The predicted octanol–water partition coefficient (Wildman–Crippen LogP) is 8.46. The molecule has 0 spiro atoms. The van der Waals surface area contributed by atoms with Crippen LogP contribution in [0.25, 0.3) is 0 Å². The van der Waals surface area contributed by atoms with Crippen molar-refractivity contribution in [2.24, 2.45) is 0 Å². The minimum atomic E-state index is -2.00. The van der Waals surface area contributed by atoms with Crippen molar-refractivity contribution < 1.29 is 18.4 Å². The standard InChI is InChI=1S/C29H50O4Si2/c1-13-15-25(31-27(30)14-2)22-26(33-35(11,12)29(6,7)8)21-18-23-16-19-24(20-17-23)32-34(9,10)28(3,4)5/h13-14,16-17,19-20,25-26H,1-2,15,18,21-22H2,3-12H3/t25-,26+/m1/s1. The molecule has 1 aromatic carbocycles. The van der Waals surface area contributed by atoms with E-state index in [2.05, 4.69) is 105 Å². The fourth-order valence-corrected chi connectivity index (χ4v) is 5.63. The molecule has 0 bridgehead atoms. The first-order valence-corrected chi connectivity index (χ1v) is 18.6. The molecule has 0 amide bonds. The van der Waals surface area contributed by atoms with E-state index in [1.54, 1.807) is 6.08 Å². The summed E-state index contributed by atoms with van der Waals surface area (Å²) in [6.45, 7) is 29.9. The molecule has 198 valence electrons. The molecule has 0 aliphatic heterocycles. The Morgan fingerprint density at radius 1 is 0.914 bits per heavy atom. The number of carbonyl (C=O) groups excluding carboxylic acids is 1. The van der Waals surface area contributed by atoms with Gasteiger partial charge in [0.05, 0.1) is 0 Å². The molecule has 0 radical (unpaired) electrons. The molecule has 0 saturated heterocycles. The van der Waals surface area contributed by atoms with Crippen molar-refractivity contribution in [1.82, 2.24) is 0 Å². The first kappa shape index (κ1) is 31.4. The van der Waals surface area contributed by atoms with Crippen LogP contribution in [0, 0.1) is 0 Å². The summed E-state index contributed by atoms with van der Waals surface area (Å²) < 4.78 is 18.8. The molecule has 6 heteroatoms. The molecule has 1 aromatic rings. The Kier molecular flexibility index (Phi) is 11.3. The second-order valence-electron chi connectivity index (χ2n) is 12.6. The lowest BCUT2D eigenvalue weighted by Crippen LogP contribution is -2.45. The van der Waals surface area contributed by atoms with E-state index in [0.29, 0.717) is 12.8 Å². The van der Waals surface area contributed by atoms with Gasteiger partial charge in [0.1, 0.15) is 11.9 Å². The Bertz CT molecular complexity index is 830. The van der Waals surface area contributed by atoms with Crippen LogP contribution in [0.5, 0.6) is 5.75 Å². The van der Waals surface area contributed by atoms with Crippen molar-refractivity contribution in [2.45, 2.75) is 116 Å². The van der Waals surface area contributed by atoms with Gasteiger partial charge in [-0.2, -0.15) is 0 Å². The van der Waals surface area contributed by atoms with Crippen LogP contribution >= 0.6 is 0 Å². The monoisotopic (exact) mass is 518 g/mol. The fraction of sp³-hybridized carbons (Fsp3) is 0.621. The third kappa shape index (κ3) is 10.1. The van der Waals surface area contributed by atoms with E-state index in [1.807, 2.05) is 0 Å². The summed E-state index contributed by atoms with van der Waals surface area (Å²) in [4.78, 5) is 11.9. The average Bonchev–Trinajstić information content (AvgIpc) is 2.71. The van der Waals surface area contributed by atoms with Gasteiger partial charge in [0.25, 0.3) is 0 Å². The summed E-state index contributed by atoms with van der Waals surface area (Å²) in [5, 5.41) is 0.261. The lowest BCUT2D eigenvalue weighted by Gasteiger charge is -2.40. The molecule has 0 unspecified atom stereocenters. The predicted molar refractivity (Wildman–Crippen MR) is 154 cm³/mol. The van der Waals surface area contributed by atoms with Gasteiger partial charge in [0.2, 0.25) is 8.32 Å².